The summed E-state index contributed by atoms with van der Waals surface area (Å²) in [6, 6.07) is 7.87. The molecule has 1 aliphatic rings. The molecule has 4 aromatic heterocycles. The molecule has 0 spiro atoms. The zero-order valence-corrected chi connectivity index (χ0v) is 24.0. The van der Waals surface area contributed by atoms with Gasteiger partial charge in [0.1, 0.15) is 0 Å². The summed E-state index contributed by atoms with van der Waals surface area (Å²) in [6.07, 6.45) is 6.03. The Kier molecular flexibility index (Phi) is 5.72. The Hall–Kier alpha value is -6.04. The van der Waals surface area contributed by atoms with E-state index in [4.69, 9.17) is 0 Å². The fourth-order valence-corrected chi connectivity index (χ4v) is 6.58. The predicted octanol–water partition coefficient (Wildman–Crippen LogP) is 6.35. The summed E-state index contributed by atoms with van der Waals surface area (Å²) in [5.41, 5.74) is 1.02. The van der Waals surface area contributed by atoms with Crippen LogP contribution in [0.25, 0.3) is 67.4 Å². The monoisotopic (exact) mass is 656 g/mol. The average Bonchev–Trinajstić information content (AvgIpc) is 3.74. The molecule has 0 fully saturated rings. The number of hydrogen-bond acceptors (Lipinski definition) is 0. The van der Waals surface area contributed by atoms with E-state index < -0.39 is 46.5 Å². The summed E-state index contributed by atoms with van der Waals surface area (Å²) in [4.78, 5) is 12.5. The molecule has 1 aliphatic heterocycles. The molecule has 12 heteroatoms. The van der Waals surface area contributed by atoms with Crippen LogP contribution in [0.3, 0.4) is 0 Å². The van der Waals surface area contributed by atoms with Crippen molar-refractivity contribution in [1.82, 2.24) is 19.9 Å². The van der Waals surface area contributed by atoms with Crippen LogP contribution in [0, 0.1) is 46.5 Å². The highest BCUT2D eigenvalue weighted by molar-refractivity contribution is 6.00. The predicted molar refractivity (Wildman–Crippen MR) is 166 cm³/mol. The second kappa shape index (κ2) is 9.74. The van der Waals surface area contributed by atoms with Crippen molar-refractivity contribution in [2.45, 2.75) is 0 Å². The summed E-state index contributed by atoms with van der Waals surface area (Å²) < 4.78 is 117. The minimum atomic E-state index is -1.13. The smallest absolute Gasteiger partial charge is 0.159 e. The van der Waals surface area contributed by atoms with E-state index in [-0.39, 0.29) is 87.3 Å². The van der Waals surface area contributed by atoms with Crippen molar-refractivity contribution < 1.29 is 35.1 Å². The summed E-state index contributed by atoms with van der Waals surface area (Å²) in [6.45, 7) is 0. The van der Waals surface area contributed by atoms with Crippen molar-refractivity contribution in [3.05, 3.63) is 139 Å². The number of aromatic nitrogens is 4. The number of halogens is 8. The lowest BCUT2D eigenvalue weighted by atomic mass is 10.1. The van der Waals surface area contributed by atoms with E-state index in [1.54, 1.807) is 0 Å². The van der Waals surface area contributed by atoms with Crippen LogP contribution < -0.4 is 21.4 Å². The van der Waals surface area contributed by atoms with Gasteiger partial charge in [0, 0.05) is 87.3 Å². The van der Waals surface area contributed by atoms with E-state index >= 15 is 0 Å². The second-order valence-corrected chi connectivity index (χ2v) is 11.6. The molecule has 8 aromatic rings. The number of benzene rings is 4. The molecule has 48 heavy (non-hydrogen) atoms. The molecule has 0 unspecified atom stereocenters. The first-order chi connectivity index (χ1) is 23.0. The molecule has 9 rings (SSSR count). The Morgan fingerprint density at radius 1 is 0.250 bits per heavy atom. The Morgan fingerprint density at radius 3 is 0.646 bits per heavy atom. The highest BCUT2D eigenvalue weighted by Gasteiger charge is 2.18. The van der Waals surface area contributed by atoms with Gasteiger partial charge in [0.2, 0.25) is 0 Å². The largest absolute Gasteiger partial charge is 0.354 e. The first-order valence-electron chi connectivity index (χ1n) is 14.4. The van der Waals surface area contributed by atoms with Crippen molar-refractivity contribution in [2.24, 2.45) is 0 Å². The lowest BCUT2D eigenvalue weighted by Crippen LogP contribution is -2.11. The van der Waals surface area contributed by atoms with Gasteiger partial charge in [-0.1, -0.05) is 0 Å². The first kappa shape index (κ1) is 28.2. The molecule has 0 saturated carbocycles. The van der Waals surface area contributed by atoms with E-state index in [0.29, 0.717) is 0 Å². The minimum absolute atomic E-state index is 0.234. The maximum Gasteiger partial charge on any atom is 0.159 e. The van der Waals surface area contributed by atoms with Gasteiger partial charge in [0.25, 0.3) is 0 Å². The van der Waals surface area contributed by atoms with Crippen LogP contribution in [-0.2, 0) is 0 Å². The Bertz CT molecular complexity index is 2600. The standard InChI is InChI=1S/C36H16F8N4/c37-21-1-13-14(2-22(21)38)30-10-32-17-5-25(41)26(42)6-18(17)34(47-32)12-36-20-8-28(44)27(43)7-19(20)35(48-36)11-33-16-4-24(40)23(39)3-15(16)31(46-33)9-29(13)45-30/h1-12,45-48H. The van der Waals surface area contributed by atoms with Crippen molar-refractivity contribution in [3.63, 3.8) is 0 Å². The molecule has 0 radical (unpaired) electrons. The third-order valence-corrected chi connectivity index (χ3v) is 8.80. The highest BCUT2D eigenvalue weighted by atomic mass is 19.2. The van der Waals surface area contributed by atoms with Crippen molar-refractivity contribution >= 4 is 67.4 Å². The van der Waals surface area contributed by atoms with Crippen molar-refractivity contribution in [3.8, 4) is 0 Å². The third kappa shape index (κ3) is 4.08. The first-order valence-corrected chi connectivity index (χ1v) is 14.4. The van der Waals surface area contributed by atoms with E-state index in [1.807, 2.05) is 0 Å². The summed E-state index contributed by atoms with van der Waals surface area (Å²) >= 11 is 0. The molecule has 0 atom stereocenters. The van der Waals surface area contributed by atoms with Crippen LogP contribution in [0.2, 0.25) is 0 Å². The molecule has 5 heterocycles. The number of H-pyrrole nitrogens is 4. The van der Waals surface area contributed by atoms with E-state index in [2.05, 4.69) is 19.9 Å². The Balaban J connectivity index is 1.52. The molecule has 0 aliphatic carbocycles. The van der Waals surface area contributed by atoms with Crippen LogP contribution in [0.15, 0.2) is 48.5 Å². The third-order valence-electron chi connectivity index (χ3n) is 8.80. The van der Waals surface area contributed by atoms with Crippen LogP contribution in [0.4, 0.5) is 35.1 Å². The van der Waals surface area contributed by atoms with Gasteiger partial charge in [0.05, 0.1) is 0 Å². The van der Waals surface area contributed by atoms with Gasteiger partial charge in [-0.2, -0.15) is 0 Å². The fraction of sp³-hybridized carbons (Fsp3) is 0. The van der Waals surface area contributed by atoms with Crippen LogP contribution in [0.1, 0.15) is 22.8 Å². The van der Waals surface area contributed by atoms with Crippen LogP contribution >= 0.6 is 0 Å². The zero-order valence-electron chi connectivity index (χ0n) is 24.0. The average molecular weight is 657 g/mol. The number of rotatable bonds is 0. The summed E-state index contributed by atoms with van der Waals surface area (Å²) in [5, 5.41) is 2.89. The molecule has 4 nitrogen and oxygen atoms in total. The zero-order chi connectivity index (χ0) is 33.2. The molecular formula is C36H16F8N4. The normalized spacial score (nSPS) is 12.8. The van der Waals surface area contributed by atoms with Gasteiger partial charge in [-0.15, -0.1) is 0 Å². The number of nitrogens with one attached hydrogen (secondary N) is 4. The molecule has 0 saturated heterocycles. The topological polar surface area (TPSA) is 63.2 Å². The minimum Gasteiger partial charge on any atom is -0.354 e. The lowest BCUT2D eigenvalue weighted by Gasteiger charge is -1.97. The summed E-state index contributed by atoms with van der Waals surface area (Å²) in [7, 11) is 0. The second-order valence-electron chi connectivity index (χ2n) is 11.6. The molecular weight excluding hydrogens is 640 g/mol. The lowest BCUT2D eigenvalue weighted by molar-refractivity contribution is 0.511. The van der Waals surface area contributed by atoms with E-state index in [1.165, 1.54) is 24.3 Å². The van der Waals surface area contributed by atoms with Gasteiger partial charge >= 0.3 is 0 Å². The fourth-order valence-electron chi connectivity index (χ4n) is 6.58. The molecule has 0 amide bonds. The number of hydrogen-bond donors (Lipinski definition) is 4. The quantitative estimate of drug-likeness (QED) is 0.138. The van der Waals surface area contributed by atoms with Gasteiger partial charge in [-0.25, -0.2) is 35.1 Å². The molecule has 4 N–H and O–H groups in total. The van der Waals surface area contributed by atoms with E-state index in [0.717, 1.165) is 48.5 Å². The Morgan fingerprint density at radius 2 is 0.438 bits per heavy atom. The molecule has 8 bridgehead atoms. The number of aromatic amines is 4. The van der Waals surface area contributed by atoms with Gasteiger partial charge in [-0.3, -0.25) is 0 Å². The van der Waals surface area contributed by atoms with E-state index in [9.17, 15) is 35.1 Å². The van der Waals surface area contributed by atoms with Crippen LogP contribution in [0.5, 0.6) is 0 Å². The molecule has 4 aromatic carbocycles. The van der Waals surface area contributed by atoms with Gasteiger partial charge < -0.3 is 19.9 Å². The van der Waals surface area contributed by atoms with Gasteiger partial charge in [0.15, 0.2) is 46.5 Å². The maximum absolute atomic E-state index is 14.6. The maximum atomic E-state index is 14.6. The highest BCUT2D eigenvalue weighted by Crippen LogP contribution is 2.29. The molecule has 236 valence electrons. The number of fused-ring (bicyclic) bond motifs is 20. The SMILES string of the molecule is Fc1cc2c3[nH]c(c2cc1F)C=c1[nH]c(c2cc(F)c(F)cc12)=Cc1[nH]c(c2cc(F)c(F)cc12)C=c1[nH]c(c2cc(F)c(F)cc12)=C3. The van der Waals surface area contributed by atoms with Gasteiger partial charge in [-0.05, 0) is 72.8 Å². The summed E-state index contributed by atoms with van der Waals surface area (Å²) in [5.74, 6) is -9.08. The van der Waals surface area contributed by atoms with Crippen LogP contribution in [-0.4, -0.2) is 19.9 Å². The van der Waals surface area contributed by atoms with Crippen molar-refractivity contribution in [2.75, 3.05) is 0 Å². The van der Waals surface area contributed by atoms with Crippen molar-refractivity contribution in [1.29, 1.82) is 0 Å². The Labute approximate surface area is 261 Å².